The van der Waals surface area contributed by atoms with Gasteiger partial charge in [0.05, 0.1) is 0 Å². The minimum atomic E-state index is 0.425. The van der Waals surface area contributed by atoms with E-state index >= 15 is 0 Å². The highest BCUT2D eigenvalue weighted by molar-refractivity contribution is 5.39. The molecule has 0 saturated carbocycles. The van der Waals surface area contributed by atoms with E-state index < -0.39 is 0 Å². The minimum absolute atomic E-state index is 0.425. The largest absolute Gasteiger partial charge is 0.399 e. The van der Waals surface area contributed by atoms with Crippen molar-refractivity contribution in [1.29, 1.82) is 0 Å². The molecule has 2 aromatic rings. The highest BCUT2D eigenvalue weighted by atomic mass is 14.9. The van der Waals surface area contributed by atoms with E-state index in [9.17, 15) is 0 Å². The highest BCUT2D eigenvalue weighted by Crippen LogP contribution is 2.20. The molecule has 3 N–H and O–H groups in total. The van der Waals surface area contributed by atoms with Gasteiger partial charge in [-0.15, -0.1) is 0 Å². The van der Waals surface area contributed by atoms with Gasteiger partial charge in [0.2, 0.25) is 0 Å². The van der Waals surface area contributed by atoms with Gasteiger partial charge in [0.1, 0.15) is 0 Å². The SMILES string of the molecule is CCCC[C@@H](NCc1ccc(N)cc1)c1ccccc1. The quantitative estimate of drug-likeness (QED) is 0.735. The van der Waals surface area contributed by atoms with Crippen LogP contribution in [-0.2, 0) is 6.54 Å². The second-order valence-corrected chi connectivity index (χ2v) is 5.23. The van der Waals surface area contributed by atoms with Crippen LogP contribution in [0.3, 0.4) is 0 Å². The molecule has 2 aromatic carbocycles. The average molecular weight is 268 g/mol. The van der Waals surface area contributed by atoms with Gasteiger partial charge in [-0.1, -0.05) is 62.2 Å². The summed E-state index contributed by atoms with van der Waals surface area (Å²) in [4.78, 5) is 0. The van der Waals surface area contributed by atoms with Gasteiger partial charge >= 0.3 is 0 Å². The Labute approximate surface area is 122 Å². The van der Waals surface area contributed by atoms with Gasteiger partial charge in [-0.2, -0.15) is 0 Å². The first-order chi connectivity index (χ1) is 9.79. The van der Waals surface area contributed by atoms with Gasteiger partial charge in [0.15, 0.2) is 0 Å². The van der Waals surface area contributed by atoms with Crippen LogP contribution in [0.1, 0.15) is 43.4 Å². The van der Waals surface area contributed by atoms with Crippen molar-refractivity contribution in [2.75, 3.05) is 5.73 Å². The number of rotatable bonds is 7. The van der Waals surface area contributed by atoms with Gasteiger partial charge < -0.3 is 11.1 Å². The number of nitrogen functional groups attached to an aromatic ring is 1. The Morgan fingerprint density at radius 3 is 2.35 bits per heavy atom. The number of hydrogen-bond donors (Lipinski definition) is 2. The maximum Gasteiger partial charge on any atom is 0.0323 e. The van der Waals surface area contributed by atoms with E-state index in [1.54, 1.807) is 0 Å². The fourth-order valence-corrected chi connectivity index (χ4v) is 2.36. The number of anilines is 1. The summed E-state index contributed by atoms with van der Waals surface area (Å²) in [6.07, 6.45) is 3.65. The van der Waals surface area contributed by atoms with Crippen LogP contribution in [0.15, 0.2) is 54.6 Å². The highest BCUT2D eigenvalue weighted by Gasteiger charge is 2.09. The normalized spacial score (nSPS) is 12.2. The molecule has 0 amide bonds. The molecule has 2 heteroatoms. The summed E-state index contributed by atoms with van der Waals surface area (Å²) in [7, 11) is 0. The molecular weight excluding hydrogens is 244 g/mol. The number of nitrogens with two attached hydrogens (primary N) is 1. The lowest BCUT2D eigenvalue weighted by Gasteiger charge is -2.19. The van der Waals surface area contributed by atoms with Gasteiger partial charge in [0.25, 0.3) is 0 Å². The van der Waals surface area contributed by atoms with Gasteiger partial charge in [-0.25, -0.2) is 0 Å². The molecule has 0 aliphatic heterocycles. The van der Waals surface area contributed by atoms with Crippen LogP contribution >= 0.6 is 0 Å². The molecule has 2 rings (SSSR count). The molecule has 20 heavy (non-hydrogen) atoms. The van der Waals surface area contributed by atoms with Crippen molar-refractivity contribution in [2.45, 2.75) is 38.8 Å². The smallest absolute Gasteiger partial charge is 0.0323 e. The molecule has 0 radical (unpaired) electrons. The third-order valence-electron chi connectivity index (χ3n) is 3.58. The fraction of sp³-hybridized carbons (Fsp3) is 0.333. The Morgan fingerprint density at radius 2 is 1.70 bits per heavy atom. The molecule has 0 aromatic heterocycles. The van der Waals surface area contributed by atoms with Crippen molar-refractivity contribution in [3.8, 4) is 0 Å². The lowest BCUT2D eigenvalue weighted by Crippen LogP contribution is -2.20. The van der Waals surface area contributed by atoms with Crippen molar-refractivity contribution in [1.82, 2.24) is 5.32 Å². The number of hydrogen-bond acceptors (Lipinski definition) is 2. The lowest BCUT2D eigenvalue weighted by atomic mass is 10.0. The van der Waals surface area contributed by atoms with E-state index in [0.717, 1.165) is 12.2 Å². The molecule has 0 unspecified atom stereocenters. The first-order valence-electron chi connectivity index (χ1n) is 7.42. The summed E-state index contributed by atoms with van der Waals surface area (Å²) in [5.41, 5.74) is 9.18. The summed E-state index contributed by atoms with van der Waals surface area (Å²) in [6.45, 7) is 3.12. The Hall–Kier alpha value is -1.80. The summed E-state index contributed by atoms with van der Waals surface area (Å²) in [6, 6.07) is 19.2. The first kappa shape index (κ1) is 14.6. The van der Waals surface area contributed by atoms with Crippen LogP contribution in [0.2, 0.25) is 0 Å². The van der Waals surface area contributed by atoms with Gasteiger partial charge in [0, 0.05) is 18.3 Å². The molecule has 1 atom stereocenters. The molecule has 0 bridgehead atoms. The van der Waals surface area contributed by atoms with Crippen LogP contribution < -0.4 is 11.1 Å². The molecule has 0 aliphatic rings. The van der Waals surface area contributed by atoms with Crippen molar-refractivity contribution < 1.29 is 0 Å². The van der Waals surface area contributed by atoms with E-state index in [-0.39, 0.29) is 0 Å². The second kappa shape index (κ2) is 7.71. The van der Waals surface area contributed by atoms with E-state index in [1.807, 2.05) is 12.1 Å². The molecule has 0 spiro atoms. The number of benzene rings is 2. The molecule has 0 fully saturated rings. The van der Waals surface area contributed by atoms with Crippen molar-refractivity contribution in [2.24, 2.45) is 0 Å². The predicted octanol–water partition coefficient (Wildman–Crippen LogP) is 4.29. The zero-order valence-electron chi connectivity index (χ0n) is 12.2. The average Bonchev–Trinajstić information content (AvgIpc) is 2.50. The summed E-state index contributed by atoms with van der Waals surface area (Å²) in [5.74, 6) is 0. The Balaban J connectivity index is 1.99. The van der Waals surface area contributed by atoms with Crippen LogP contribution in [-0.4, -0.2) is 0 Å². The second-order valence-electron chi connectivity index (χ2n) is 5.23. The summed E-state index contributed by atoms with van der Waals surface area (Å²) >= 11 is 0. The third-order valence-corrected chi connectivity index (χ3v) is 3.58. The van der Waals surface area contributed by atoms with Crippen LogP contribution in [0.5, 0.6) is 0 Å². The van der Waals surface area contributed by atoms with E-state index in [0.29, 0.717) is 6.04 Å². The van der Waals surface area contributed by atoms with E-state index in [2.05, 4.69) is 54.7 Å². The number of nitrogens with one attached hydrogen (secondary N) is 1. The zero-order valence-corrected chi connectivity index (χ0v) is 12.2. The van der Waals surface area contributed by atoms with Crippen molar-refractivity contribution in [3.63, 3.8) is 0 Å². The maximum absolute atomic E-state index is 5.72. The van der Waals surface area contributed by atoms with Crippen LogP contribution in [0.4, 0.5) is 5.69 Å². The summed E-state index contributed by atoms with van der Waals surface area (Å²) < 4.78 is 0. The molecule has 2 nitrogen and oxygen atoms in total. The zero-order chi connectivity index (χ0) is 14.2. The number of unbranched alkanes of at least 4 members (excludes halogenated alkanes) is 1. The summed E-state index contributed by atoms with van der Waals surface area (Å²) in [5, 5.41) is 3.67. The van der Waals surface area contributed by atoms with Crippen LogP contribution in [0, 0.1) is 0 Å². The molecule has 0 aliphatic carbocycles. The standard InChI is InChI=1S/C18H24N2/c1-2-3-9-18(16-7-5-4-6-8-16)20-14-15-10-12-17(19)13-11-15/h4-8,10-13,18,20H,2-3,9,14,19H2,1H3/t18-/m1/s1. The fourth-order valence-electron chi connectivity index (χ4n) is 2.36. The van der Waals surface area contributed by atoms with Gasteiger partial charge in [-0.05, 0) is 29.7 Å². The molecule has 106 valence electrons. The topological polar surface area (TPSA) is 38.0 Å². The van der Waals surface area contributed by atoms with E-state index in [1.165, 1.54) is 30.4 Å². The predicted molar refractivity (Wildman–Crippen MR) is 86.4 cm³/mol. The molecule has 0 heterocycles. The minimum Gasteiger partial charge on any atom is -0.399 e. The molecular formula is C18H24N2. The van der Waals surface area contributed by atoms with Crippen LogP contribution in [0.25, 0.3) is 0 Å². The maximum atomic E-state index is 5.72. The van der Waals surface area contributed by atoms with Gasteiger partial charge in [-0.3, -0.25) is 0 Å². The van der Waals surface area contributed by atoms with Crippen molar-refractivity contribution in [3.05, 3.63) is 65.7 Å². The third kappa shape index (κ3) is 4.39. The monoisotopic (exact) mass is 268 g/mol. The Kier molecular flexibility index (Phi) is 5.63. The molecule has 0 saturated heterocycles. The van der Waals surface area contributed by atoms with E-state index in [4.69, 9.17) is 5.73 Å². The Morgan fingerprint density at radius 1 is 1.00 bits per heavy atom. The first-order valence-corrected chi connectivity index (χ1v) is 7.42. The Bertz CT molecular complexity index is 491. The lowest BCUT2D eigenvalue weighted by molar-refractivity contribution is 0.480. The van der Waals surface area contributed by atoms with Crippen molar-refractivity contribution >= 4 is 5.69 Å².